The van der Waals surface area contributed by atoms with Gasteiger partial charge in [0.25, 0.3) is 0 Å². The van der Waals surface area contributed by atoms with Crippen LogP contribution in [-0.4, -0.2) is 21.5 Å². The van der Waals surface area contributed by atoms with Crippen LogP contribution in [-0.2, 0) is 6.42 Å². The molecule has 0 atom stereocenters. The van der Waals surface area contributed by atoms with Crippen LogP contribution in [0.1, 0.15) is 5.56 Å². The van der Waals surface area contributed by atoms with Crippen LogP contribution < -0.4 is 5.32 Å². The molecule has 0 amide bonds. The zero-order valence-corrected chi connectivity index (χ0v) is 15.9. The summed E-state index contributed by atoms with van der Waals surface area (Å²) >= 11 is 5.29. The van der Waals surface area contributed by atoms with E-state index in [0.29, 0.717) is 4.77 Å². The van der Waals surface area contributed by atoms with E-state index in [0.717, 1.165) is 41.3 Å². The lowest BCUT2D eigenvalue weighted by Gasteiger charge is -2.08. The molecule has 2 heterocycles. The SMILES string of the molecule is Fc1ccc(-c2[nH]c(=S)[nH]c2-c2ccnc(NCCc3ccccc3)c2)cc1. The van der Waals surface area contributed by atoms with E-state index in [-0.39, 0.29) is 5.82 Å². The molecule has 0 spiro atoms. The number of aromatic nitrogens is 3. The van der Waals surface area contributed by atoms with Gasteiger partial charge in [0.1, 0.15) is 11.6 Å². The fraction of sp³-hybridized carbons (Fsp3) is 0.0909. The number of rotatable bonds is 6. The summed E-state index contributed by atoms with van der Waals surface area (Å²) in [5.74, 6) is 0.521. The smallest absolute Gasteiger partial charge is 0.175 e. The fourth-order valence-corrected chi connectivity index (χ4v) is 3.30. The maximum Gasteiger partial charge on any atom is 0.175 e. The molecule has 0 aliphatic rings. The van der Waals surface area contributed by atoms with E-state index in [1.54, 1.807) is 18.3 Å². The lowest BCUT2D eigenvalue weighted by molar-refractivity contribution is 0.628. The Kier molecular flexibility index (Phi) is 5.30. The minimum atomic E-state index is -0.270. The molecule has 3 N–H and O–H groups in total. The highest BCUT2D eigenvalue weighted by atomic mass is 32.1. The van der Waals surface area contributed by atoms with Crippen molar-refractivity contribution in [3.8, 4) is 22.5 Å². The Morgan fingerprint density at radius 2 is 1.61 bits per heavy atom. The topological polar surface area (TPSA) is 56.5 Å². The maximum absolute atomic E-state index is 13.3. The van der Waals surface area contributed by atoms with Gasteiger partial charge in [-0.05, 0) is 60.6 Å². The van der Waals surface area contributed by atoms with Crippen LogP contribution in [0.5, 0.6) is 0 Å². The van der Waals surface area contributed by atoms with Crippen LogP contribution in [0.25, 0.3) is 22.5 Å². The molecule has 4 aromatic rings. The zero-order valence-electron chi connectivity index (χ0n) is 15.1. The number of pyridine rings is 1. The molecule has 2 aromatic carbocycles. The van der Waals surface area contributed by atoms with Crippen LogP contribution in [0.15, 0.2) is 72.9 Å². The van der Waals surface area contributed by atoms with Gasteiger partial charge >= 0.3 is 0 Å². The van der Waals surface area contributed by atoms with Gasteiger partial charge in [-0.3, -0.25) is 0 Å². The molecule has 0 aliphatic carbocycles. The van der Waals surface area contributed by atoms with E-state index < -0.39 is 0 Å². The average molecular weight is 390 g/mol. The molecule has 2 aromatic heterocycles. The van der Waals surface area contributed by atoms with Crippen LogP contribution in [0.4, 0.5) is 10.2 Å². The monoisotopic (exact) mass is 390 g/mol. The Labute approximate surface area is 167 Å². The van der Waals surface area contributed by atoms with Gasteiger partial charge in [0.05, 0.1) is 11.4 Å². The van der Waals surface area contributed by atoms with Crippen LogP contribution in [0.3, 0.4) is 0 Å². The van der Waals surface area contributed by atoms with Crippen LogP contribution >= 0.6 is 12.2 Å². The van der Waals surface area contributed by atoms with Crippen molar-refractivity contribution in [2.24, 2.45) is 0 Å². The summed E-state index contributed by atoms with van der Waals surface area (Å²) in [6.07, 6.45) is 2.68. The van der Waals surface area contributed by atoms with Gasteiger partial charge in [-0.2, -0.15) is 0 Å². The quantitative estimate of drug-likeness (QED) is 0.376. The third-order valence-electron chi connectivity index (χ3n) is 4.47. The first kappa shape index (κ1) is 18.1. The van der Waals surface area contributed by atoms with Gasteiger partial charge in [0.15, 0.2) is 4.77 Å². The molecule has 0 bridgehead atoms. The number of anilines is 1. The predicted octanol–water partition coefficient (Wildman–Crippen LogP) is 5.59. The summed E-state index contributed by atoms with van der Waals surface area (Å²) in [5, 5.41) is 3.37. The van der Waals surface area contributed by atoms with E-state index in [9.17, 15) is 4.39 Å². The lowest BCUT2D eigenvalue weighted by atomic mass is 10.1. The summed E-state index contributed by atoms with van der Waals surface area (Å²) in [5.41, 5.74) is 4.76. The van der Waals surface area contributed by atoms with E-state index in [4.69, 9.17) is 12.2 Å². The second-order valence-corrected chi connectivity index (χ2v) is 6.84. The number of nitrogens with one attached hydrogen (secondary N) is 3. The van der Waals surface area contributed by atoms with Gasteiger partial charge in [0.2, 0.25) is 0 Å². The molecule has 0 saturated heterocycles. The molecule has 0 aliphatic heterocycles. The first-order valence-corrected chi connectivity index (χ1v) is 9.42. The molecule has 0 unspecified atom stereocenters. The maximum atomic E-state index is 13.3. The lowest BCUT2D eigenvalue weighted by Crippen LogP contribution is -2.06. The molecule has 6 heteroatoms. The summed E-state index contributed by atoms with van der Waals surface area (Å²) in [6.45, 7) is 0.786. The summed E-state index contributed by atoms with van der Waals surface area (Å²) in [4.78, 5) is 10.8. The molecule has 4 rings (SSSR count). The number of hydrogen-bond donors (Lipinski definition) is 3. The minimum absolute atomic E-state index is 0.270. The van der Waals surface area contributed by atoms with Gasteiger partial charge in [-0.15, -0.1) is 0 Å². The molecule has 0 fully saturated rings. The standard InChI is InChI=1S/C22H19FN4S/c23-18-8-6-16(7-9-18)20-21(27-22(28)26-20)17-11-13-25-19(14-17)24-12-10-15-4-2-1-3-5-15/h1-9,11,13-14H,10,12H2,(H,24,25)(H2,26,27,28). The third kappa shape index (κ3) is 4.18. The molecular weight excluding hydrogens is 371 g/mol. The highest BCUT2D eigenvalue weighted by Gasteiger charge is 2.11. The Morgan fingerprint density at radius 1 is 0.893 bits per heavy atom. The van der Waals surface area contributed by atoms with E-state index in [2.05, 4.69) is 32.4 Å². The summed E-state index contributed by atoms with van der Waals surface area (Å²) in [6, 6.07) is 20.6. The van der Waals surface area contributed by atoms with Crippen molar-refractivity contribution in [3.63, 3.8) is 0 Å². The number of imidazole rings is 1. The normalized spacial score (nSPS) is 10.8. The van der Waals surface area contributed by atoms with Gasteiger partial charge in [0, 0.05) is 23.9 Å². The molecule has 140 valence electrons. The number of aromatic amines is 2. The number of hydrogen-bond acceptors (Lipinski definition) is 3. The van der Waals surface area contributed by atoms with Gasteiger partial charge < -0.3 is 15.3 Å². The number of benzene rings is 2. The van der Waals surface area contributed by atoms with E-state index in [1.807, 2.05) is 30.3 Å². The Morgan fingerprint density at radius 3 is 2.36 bits per heavy atom. The molecule has 0 saturated carbocycles. The second kappa shape index (κ2) is 8.19. The van der Waals surface area contributed by atoms with E-state index >= 15 is 0 Å². The Balaban J connectivity index is 1.56. The first-order valence-electron chi connectivity index (χ1n) is 9.01. The summed E-state index contributed by atoms with van der Waals surface area (Å²) in [7, 11) is 0. The zero-order chi connectivity index (χ0) is 19.3. The van der Waals surface area contributed by atoms with Gasteiger partial charge in [-0.25, -0.2) is 9.37 Å². The fourth-order valence-electron chi connectivity index (χ4n) is 3.10. The minimum Gasteiger partial charge on any atom is -0.370 e. The van der Waals surface area contributed by atoms with Crippen LogP contribution in [0.2, 0.25) is 0 Å². The number of H-pyrrole nitrogens is 2. The first-order chi connectivity index (χ1) is 13.7. The summed E-state index contributed by atoms with van der Waals surface area (Å²) < 4.78 is 13.8. The third-order valence-corrected chi connectivity index (χ3v) is 4.68. The van der Waals surface area contributed by atoms with Crippen molar-refractivity contribution in [3.05, 3.63) is 89.1 Å². The molecular formula is C22H19FN4S. The molecule has 0 radical (unpaired) electrons. The van der Waals surface area contributed by atoms with Gasteiger partial charge in [-0.1, -0.05) is 30.3 Å². The van der Waals surface area contributed by atoms with Crippen molar-refractivity contribution >= 4 is 18.0 Å². The van der Waals surface area contributed by atoms with Crippen molar-refractivity contribution < 1.29 is 4.39 Å². The second-order valence-electron chi connectivity index (χ2n) is 6.43. The predicted molar refractivity (Wildman–Crippen MR) is 113 cm³/mol. The van der Waals surface area contributed by atoms with Crippen molar-refractivity contribution in [2.75, 3.05) is 11.9 Å². The average Bonchev–Trinajstić information content (AvgIpc) is 3.11. The number of halogens is 1. The van der Waals surface area contributed by atoms with Crippen molar-refractivity contribution in [1.82, 2.24) is 15.0 Å². The highest BCUT2D eigenvalue weighted by molar-refractivity contribution is 7.71. The van der Waals surface area contributed by atoms with Crippen LogP contribution in [0, 0.1) is 10.6 Å². The van der Waals surface area contributed by atoms with E-state index in [1.165, 1.54) is 17.7 Å². The largest absolute Gasteiger partial charge is 0.370 e. The van der Waals surface area contributed by atoms with Crippen molar-refractivity contribution in [2.45, 2.75) is 6.42 Å². The molecule has 4 nitrogen and oxygen atoms in total. The Hall–Kier alpha value is -3.25. The molecule has 28 heavy (non-hydrogen) atoms. The number of nitrogens with zero attached hydrogens (tertiary/aromatic N) is 1. The highest BCUT2D eigenvalue weighted by Crippen LogP contribution is 2.30. The van der Waals surface area contributed by atoms with Crippen molar-refractivity contribution in [1.29, 1.82) is 0 Å². The Bertz CT molecular complexity index is 1120.